The molecule has 0 fully saturated rings. The predicted molar refractivity (Wildman–Crippen MR) is 133 cm³/mol. The molecule has 0 aliphatic carbocycles. The normalized spacial score (nSPS) is 11.0. The van der Waals surface area contributed by atoms with Crippen molar-refractivity contribution >= 4 is 16.7 Å². The molecule has 0 radical (unpaired) electrons. The van der Waals surface area contributed by atoms with Gasteiger partial charge in [-0.05, 0) is 76.7 Å². The summed E-state index contributed by atoms with van der Waals surface area (Å²) in [5.74, 6) is -0.172. The van der Waals surface area contributed by atoms with Gasteiger partial charge >= 0.3 is 5.97 Å². The van der Waals surface area contributed by atoms with E-state index < -0.39 is 0 Å². The summed E-state index contributed by atoms with van der Waals surface area (Å²) < 4.78 is 18.7. The number of carbonyl (C=O) groups is 1. The topological polar surface area (TPSA) is 26.3 Å². The minimum Gasteiger partial charge on any atom is -0.423 e. The summed E-state index contributed by atoms with van der Waals surface area (Å²) >= 11 is 0. The van der Waals surface area contributed by atoms with Gasteiger partial charge in [-0.3, -0.25) is 0 Å². The van der Waals surface area contributed by atoms with Gasteiger partial charge in [0, 0.05) is 0 Å². The standard InChI is InChI=1S/C30H29FO2/c1-2-3-4-5-6-7-22-8-9-26-21-27(11-10-25(26)20-22)30(32)33-29-18-14-24(15-19-29)23-12-16-28(31)17-13-23/h8-21H,2-7H2,1H3. The molecule has 0 heterocycles. The van der Waals surface area contributed by atoms with E-state index in [1.165, 1.54) is 49.8 Å². The third-order valence-electron chi connectivity index (χ3n) is 5.95. The van der Waals surface area contributed by atoms with Crippen molar-refractivity contribution in [2.75, 3.05) is 0 Å². The van der Waals surface area contributed by atoms with Gasteiger partial charge in [0.15, 0.2) is 0 Å². The number of ether oxygens (including phenoxy) is 1. The van der Waals surface area contributed by atoms with Crippen molar-refractivity contribution in [3.63, 3.8) is 0 Å². The highest BCUT2D eigenvalue weighted by molar-refractivity contribution is 5.96. The first-order valence-electron chi connectivity index (χ1n) is 11.7. The zero-order valence-corrected chi connectivity index (χ0v) is 19.0. The van der Waals surface area contributed by atoms with Crippen LogP contribution < -0.4 is 4.74 Å². The van der Waals surface area contributed by atoms with Crippen molar-refractivity contribution < 1.29 is 13.9 Å². The van der Waals surface area contributed by atoms with Crippen LogP contribution in [-0.2, 0) is 6.42 Å². The summed E-state index contributed by atoms with van der Waals surface area (Å²) in [6.45, 7) is 2.24. The Labute approximate surface area is 195 Å². The average Bonchev–Trinajstić information content (AvgIpc) is 2.84. The van der Waals surface area contributed by atoms with E-state index in [4.69, 9.17) is 4.74 Å². The molecule has 0 aliphatic heterocycles. The molecule has 0 bridgehead atoms. The summed E-state index contributed by atoms with van der Waals surface area (Å²) in [6.07, 6.45) is 7.48. The third kappa shape index (κ3) is 6.07. The van der Waals surface area contributed by atoms with Crippen LogP contribution in [0.1, 0.15) is 54.9 Å². The van der Waals surface area contributed by atoms with Crippen LogP contribution in [0, 0.1) is 5.82 Å². The number of benzene rings is 4. The summed E-state index contributed by atoms with van der Waals surface area (Å²) in [4.78, 5) is 12.7. The Hall–Kier alpha value is -3.46. The largest absolute Gasteiger partial charge is 0.423 e. The Morgan fingerprint density at radius 3 is 2.09 bits per heavy atom. The number of carbonyl (C=O) groups excluding carboxylic acids is 1. The molecule has 0 amide bonds. The lowest BCUT2D eigenvalue weighted by atomic mass is 10.0. The van der Waals surface area contributed by atoms with Gasteiger partial charge in [0.1, 0.15) is 11.6 Å². The van der Waals surface area contributed by atoms with E-state index in [-0.39, 0.29) is 11.8 Å². The lowest BCUT2D eigenvalue weighted by Gasteiger charge is -2.08. The molecule has 0 atom stereocenters. The Morgan fingerprint density at radius 2 is 1.36 bits per heavy atom. The predicted octanol–water partition coefficient (Wildman–Crippen LogP) is 8.38. The average molecular weight is 441 g/mol. The Bertz CT molecular complexity index is 1210. The number of hydrogen-bond donors (Lipinski definition) is 0. The van der Waals surface area contributed by atoms with Gasteiger partial charge in [-0.25, -0.2) is 9.18 Å². The van der Waals surface area contributed by atoms with Gasteiger partial charge in [-0.2, -0.15) is 0 Å². The van der Waals surface area contributed by atoms with Crippen LogP contribution in [0.4, 0.5) is 4.39 Å². The van der Waals surface area contributed by atoms with E-state index in [9.17, 15) is 9.18 Å². The lowest BCUT2D eigenvalue weighted by Crippen LogP contribution is -2.08. The van der Waals surface area contributed by atoms with Crippen LogP contribution in [-0.4, -0.2) is 5.97 Å². The second-order valence-electron chi connectivity index (χ2n) is 8.48. The van der Waals surface area contributed by atoms with Crippen LogP contribution >= 0.6 is 0 Å². The van der Waals surface area contributed by atoms with E-state index in [1.807, 2.05) is 30.3 Å². The molecule has 4 aromatic carbocycles. The van der Waals surface area contributed by atoms with Crippen molar-refractivity contribution in [3.05, 3.63) is 102 Å². The van der Waals surface area contributed by atoms with Gasteiger partial charge in [-0.15, -0.1) is 0 Å². The molecule has 0 aromatic heterocycles. The molecular weight excluding hydrogens is 411 g/mol. The van der Waals surface area contributed by atoms with E-state index in [1.54, 1.807) is 24.3 Å². The fraction of sp³-hybridized carbons (Fsp3) is 0.233. The number of halogens is 1. The first-order chi connectivity index (χ1) is 16.1. The molecule has 33 heavy (non-hydrogen) atoms. The lowest BCUT2D eigenvalue weighted by molar-refractivity contribution is 0.0735. The molecule has 0 unspecified atom stereocenters. The first-order valence-corrected chi connectivity index (χ1v) is 11.7. The molecule has 0 aliphatic rings. The number of unbranched alkanes of at least 4 members (excludes halogenated alkanes) is 4. The maximum Gasteiger partial charge on any atom is 0.343 e. The minimum absolute atomic E-state index is 0.265. The summed E-state index contributed by atoms with van der Waals surface area (Å²) in [6, 6.07) is 25.7. The van der Waals surface area contributed by atoms with Gasteiger partial charge in [-0.1, -0.05) is 81.1 Å². The number of rotatable bonds is 9. The Balaban J connectivity index is 1.39. The minimum atomic E-state index is -0.383. The van der Waals surface area contributed by atoms with Crippen LogP contribution in [0.5, 0.6) is 5.75 Å². The van der Waals surface area contributed by atoms with Crippen LogP contribution in [0.3, 0.4) is 0 Å². The molecule has 0 saturated carbocycles. The maximum absolute atomic E-state index is 13.1. The zero-order valence-electron chi connectivity index (χ0n) is 19.0. The molecule has 4 aromatic rings. The van der Waals surface area contributed by atoms with E-state index in [2.05, 4.69) is 25.1 Å². The first kappa shape index (κ1) is 22.7. The van der Waals surface area contributed by atoms with Crippen molar-refractivity contribution in [2.24, 2.45) is 0 Å². The Kier molecular flexibility index (Phi) is 7.51. The van der Waals surface area contributed by atoms with Crippen molar-refractivity contribution in [1.29, 1.82) is 0 Å². The molecular formula is C30H29FO2. The molecule has 0 N–H and O–H groups in total. The van der Waals surface area contributed by atoms with E-state index in [0.717, 1.165) is 28.3 Å². The smallest absolute Gasteiger partial charge is 0.343 e. The van der Waals surface area contributed by atoms with Crippen molar-refractivity contribution in [1.82, 2.24) is 0 Å². The maximum atomic E-state index is 13.1. The fourth-order valence-corrected chi connectivity index (χ4v) is 4.03. The summed E-state index contributed by atoms with van der Waals surface area (Å²) in [5.41, 5.74) is 3.71. The van der Waals surface area contributed by atoms with Gasteiger partial charge < -0.3 is 4.74 Å². The van der Waals surface area contributed by atoms with Gasteiger partial charge in [0.2, 0.25) is 0 Å². The summed E-state index contributed by atoms with van der Waals surface area (Å²) in [7, 11) is 0. The number of fused-ring (bicyclic) bond motifs is 1. The quantitative estimate of drug-likeness (QED) is 0.148. The number of hydrogen-bond acceptors (Lipinski definition) is 2. The molecule has 3 heteroatoms. The van der Waals surface area contributed by atoms with Gasteiger partial charge in [0.25, 0.3) is 0 Å². The molecule has 168 valence electrons. The molecule has 2 nitrogen and oxygen atoms in total. The number of aryl methyl sites for hydroxylation is 1. The summed E-state index contributed by atoms with van der Waals surface area (Å²) in [5, 5.41) is 2.17. The van der Waals surface area contributed by atoms with Crippen molar-refractivity contribution in [3.8, 4) is 16.9 Å². The van der Waals surface area contributed by atoms with Crippen LogP contribution in [0.25, 0.3) is 21.9 Å². The second-order valence-corrected chi connectivity index (χ2v) is 8.48. The highest BCUT2D eigenvalue weighted by Gasteiger charge is 2.10. The highest BCUT2D eigenvalue weighted by Crippen LogP contribution is 2.24. The Morgan fingerprint density at radius 1 is 0.727 bits per heavy atom. The molecule has 4 rings (SSSR count). The molecule has 0 spiro atoms. The third-order valence-corrected chi connectivity index (χ3v) is 5.95. The van der Waals surface area contributed by atoms with Gasteiger partial charge in [0.05, 0.1) is 5.56 Å². The zero-order chi connectivity index (χ0) is 23.0. The SMILES string of the molecule is CCCCCCCc1ccc2cc(C(=O)Oc3ccc(-c4ccc(F)cc4)cc3)ccc2c1. The monoisotopic (exact) mass is 440 g/mol. The van der Waals surface area contributed by atoms with Crippen molar-refractivity contribution in [2.45, 2.75) is 45.4 Å². The van der Waals surface area contributed by atoms with Crippen LogP contribution in [0.15, 0.2) is 84.9 Å². The second kappa shape index (κ2) is 10.9. The highest BCUT2D eigenvalue weighted by atomic mass is 19.1. The fourth-order valence-electron chi connectivity index (χ4n) is 4.03. The molecule has 0 saturated heterocycles. The van der Waals surface area contributed by atoms with E-state index in [0.29, 0.717) is 11.3 Å². The van der Waals surface area contributed by atoms with Crippen LogP contribution in [0.2, 0.25) is 0 Å². The number of esters is 1. The van der Waals surface area contributed by atoms with E-state index >= 15 is 0 Å².